The molecule has 0 aromatic rings. The number of aliphatic carboxylic acids is 1. The van der Waals surface area contributed by atoms with Crippen molar-refractivity contribution in [1.29, 1.82) is 0 Å². The molecule has 0 saturated heterocycles. The summed E-state index contributed by atoms with van der Waals surface area (Å²) in [5.74, 6) is -1.88. The van der Waals surface area contributed by atoms with Crippen LogP contribution < -0.4 is 16.8 Å². The second kappa shape index (κ2) is 6.69. The molecule has 0 heterocycles. The van der Waals surface area contributed by atoms with Crippen LogP contribution in [0.1, 0.15) is 39.0 Å². The molecule has 1 atom stereocenters. The molecule has 1 saturated carbocycles. The van der Waals surface area contributed by atoms with Crippen LogP contribution in [0.15, 0.2) is 0 Å². The lowest BCUT2D eigenvalue weighted by molar-refractivity contribution is -0.145. The van der Waals surface area contributed by atoms with Crippen LogP contribution in [0.3, 0.4) is 0 Å². The number of hydrogen-bond acceptors (Lipinski definition) is 4. The standard InChI is InChI=1S/C13H23N3O4/c1-8-2-4-13(7-14,5-3-8)12(20)16-9(11(18)19)6-10(15)17/h8-9H,2-7,14H2,1H3,(H2,15,17)(H,16,20)(H,18,19). The van der Waals surface area contributed by atoms with E-state index in [4.69, 9.17) is 16.6 Å². The van der Waals surface area contributed by atoms with Crippen LogP contribution in [0.2, 0.25) is 0 Å². The van der Waals surface area contributed by atoms with E-state index in [0.717, 1.165) is 12.8 Å². The highest BCUT2D eigenvalue weighted by molar-refractivity contribution is 5.90. The zero-order chi connectivity index (χ0) is 15.3. The smallest absolute Gasteiger partial charge is 0.326 e. The minimum Gasteiger partial charge on any atom is -0.480 e. The van der Waals surface area contributed by atoms with Gasteiger partial charge in [0.05, 0.1) is 11.8 Å². The molecule has 6 N–H and O–H groups in total. The highest BCUT2D eigenvalue weighted by Gasteiger charge is 2.41. The molecule has 7 heteroatoms. The lowest BCUT2D eigenvalue weighted by Gasteiger charge is -2.37. The Kier molecular flexibility index (Phi) is 5.50. The van der Waals surface area contributed by atoms with E-state index in [9.17, 15) is 14.4 Å². The molecule has 1 aliphatic rings. The van der Waals surface area contributed by atoms with Crippen LogP contribution in [-0.4, -0.2) is 35.5 Å². The zero-order valence-corrected chi connectivity index (χ0v) is 11.7. The second-order valence-corrected chi connectivity index (χ2v) is 5.70. The molecule has 0 bridgehead atoms. The Hall–Kier alpha value is -1.63. The van der Waals surface area contributed by atoms with Crippen molar-refractivity contribution in [2.45, 2.75) is 45.1 Å². The SMILES string of the molecule is CC1CCC(CN)(C(=O)NC(CC(N)=O)C(=O)O)CC1. The predicted octanol–water partition coefficient (Wildman–Crippen LogP) is -0.414. The molecule has 0 aliphatic heterocycles. The van der Waals surface area contributed by atoms with Crippen LogP contribution in [0.4, 0.5) is 0 Å². The molecule has 1 aliphatic carbocycles. The zero-order valence-electron chi connectivity index (χ0n) is 11.7. The summed E-state index contributed by atoms with van der Waals surface area (Å²) in [5.41, 5.74) is 10.0. The molecule has 0 aromatic heterocycles. The summed E-state index contributed by atoms with van der Waals surface area (Å²) >= 11 is 0. The van der Waals surface area contributed by atoms with Gasteiger partial charge in [-0.25, -0.2) is 4.79 Å². The highest BCUT2D eigenvalue weighted by Crippen LogP contribution is 2.38. The van der Waals surface area contributed by atoms with Crippen molar-refractivity contribution in [1.82, 2.24) is 5.32 Å². The van der Waals surface area contributed by atoms with Crippen LogP contribution in [0, 0.1) is 11.3 Å². The number of carbonyl (C=O) groups excluding carboxylic acids is 2. The normalized spacial score (nSPS) is 27.6. The fraction of sp³-hybridized carbons (Fsp3) is 0.769. The average Bonchev–Trinajstić information content (AvgIpc) is 2.38. The van der Waals surface area contributed by atoms with Crippen LogP contribution in [-0.2, 0) is 14.4 Å². The van der Waals surface area contributed by atoms with Crippen molar-refractivity contribution in [3.05, 3.63) is 0 Å². The first-order chi connectivity index (χ1) is 9.30. The van der Waals surface area contributed by atoms with Gasteiger partial charge in [0.1, 0.15) is 6.04 Å². The number of amides is 2. The van der Waals surface area contributed by atoms with E-state index in [-0.39, 0.29) is 12.5 Å². The van der Waals surface area contributed by atoms with E-state index in [1.165, 1.54) is 0 Å². The van der Waals surface area contributed by atoms with Gasteiger partial charge in [0.2, 0.25) is 11.8 Å². The number of carboxylic acid groups (broad SMARTS) is 1. The summed E-state index contributed by atoms with van der Waals surface area (Å²) in [5, 5.41) is 11.4. The van der Waals surface area contributed by atoms with Crippen molar-refractivity contribution in [2.24, 2.45) is 22.8 Å². The minimum absolute atomic E-state index is 0.175. The van der Waals surface area contributed by atoms with Crippen molar-refractivity contribution in [2.75, 3.05) is 6.54 Å². The van der Waals surface area contributed by atoms with Gasteiger partial charge >= 0.3 is 5.97 Å². The summed E-state index contributed by atoms with van der Waals surface area (Å²) in [6.45, 7) is 2.29. The Balaban J connectivity index is 2.75. The Morgan fingerprint density at radius 1 is 1.35 bits per heavy atom. The van der Waals surface area contributed by atoms with E-state index in [1.807, 2.05) is 0 Å². The predicted molar refractivity (Wildman–Crippen MR) is 72.5 cm³/mol. The third-order valence-corrected chi connectivity index (χ3v) is 4.11. The molecule has 1 fully saturated rings. The van der Waals surface area contributed by atoms with E-state index < -0.39 is 29.8 Å². The highest BCUT2D eigenvalue weighted by atomic mass is 16.4. The van der Waals surface area contributed by atoms with Crippen LogP contribution in [0.25, 0.3) is 0 Å². The number of hydrogen-bond donors (Lipinski definition) is 4. The average molecular weight is 285 g/mol. The van der Waals surface area contributed by atoms with E-state index in [0.29, 0.717) is 18.8 Å². The maximum Gasteiger partial charge on any atom is 0.326 e. The molecule has 0 radical (unpaired) electrons. The van der Waals surface area contributed by atoms with Crippen molar-refractivity contribution < 1.29 is 19.5 Å². The van der Waals surface area contributed by atoms with Crippen LogP contribution in [0.5, 0.6) is 0 Å². The quantitative estimate of drug-likeness (QED) is 0.526. The van der Waals surface area contributed by atoms with Gasteiger partial charge in [-0.1, -0.05) is 6.92 Å². The molecule has 114 valence electrons. The molecule has 7 nitrogen and oxygen atoms in total. The van der Waals surface area contributed by atoms with Gasteiger partial charge in [0.15, 0.2) is 0 Å². The van der Waals surface area contributed by atoms with Gasteiger partial charge in [0, 0.05) is 6.54 Å². The Labute approximate surface area is 118 Å². The summed E-state index contributed by atoms with van der Waals surface area (Å²) in [6.07, 6.45) is 2.63. The number of primary amides is 1. The van der Waals surface area contributed by atoms with Gasteiger partial charge in [0.25, 0.3) is 0 Å². The number of rotatable bonds is 6. The summed E-state index contributed by atoms with van der Waals surface area (Å²) in [6, 6.07) is -1.29. The van der Waals surface area contributed by atoms with Crippen molar-refractivity contribution >= 4 is 17.8 Å². The lowest BCUT2D eigenvalue weighted by atomic mass is 9.70. The molecule has 20 heavy (non-hydrogen) atoms. The molecular formula is C13H23N3O4. The van der Waals surface area contributed by atoms with Crippen LogP contribution >= 0.6 is 0 Å². The Bertz CT molecular complexity index is 389. The molecule has 1 unspecified atom stereocenters. The first-order valence-corrected chi connectivity index (χ1v) is 6.83. The maximum absolute atomic E-state index is 12.3. The van der Waals surface area contributed by atoms with Gasteiger partial charge in [-0.2, -0.15) is 0 Å². The largest absolute Gasteiger partial charge is 0.480 e. The fourth-order valence-electron chi connectivity index (χ4n) is 2.55. The maximum atomic E-state index is 12.3. The first kappa shape index (κ1) is 16.4. The Morgan fingerprint density at radius 3 is 2.30 bits per heavy atom. The number of nitrogens with two attached hydrogens (primary N) is 2. The summed E-state index contributed by atoms with van der Waals surface area (Å²) in [7, 11) is 0. The molecular weight excluding hydrogens is 262 g/mol. The monoisotopic (exact) mass is 285 g/mol. The summed E-state index contributed by atoms with van der Waals surface area (Å²) in [4.78, 5) is 34.2. The first-order valence-electron chi connectivity index (χ1n) is 6.83. The number of nitrogens with one attached hydrogen (secondary N) is 1. The number of carboxylic acids is 1. The van der Waals surface area contributed by atoms with E-state index >= 15 is 0 Å². The third kappa shape index (κ3) is 3.93. The molecule has 1 rings (SSSR count). The van der Waals surface area contributed by atoms with Crippen molar-refractivity contribution in [3.63, 3.8) is 0 Å². The summed E-state index contributed by atoms with van der Waals surface area (Å²) < 4.78 is 0. The van der Waals surface area contributed by atoms with Gasteiger partial charge < -0.3 is 21.9 Å². The molecule has 0 spiro atoms. The lowest BCUT2D eigenvalue weighted by Crippen LogP contribution is -2.53. The van der Waals surface area contributed by atoms with E-state index in [1.54, 1.807) is 0 Å². The Morgan fingerprint density at radius 2 is 1.90 bits per heavy atom. The fourth-order valence-corrected chi connectivity index (χ4v) is 2.55. The van der Waals surface area contributed by atoms with Gasteiger partial charge in [-0.3, -0.25) is 9.59 Å². The van der Waals surface area contributed by atoms with E-state index in [2.05, 4.69) is 12.2 Å². The molecule has 2 amide bonds. The number of carbonyl (C=O) groups is 3. The third-order valence-electron chi connectivity index (χ3n) is 4.11. The van der Waals surface area contributed by atoms with Crippen molar-refractivity contribution in [3.8, 4) is 0 Å². The second-order valence-electron chi connectivity index (χ2n) is 5.70. The minimum atomic E-state index is -1.29. The molecule has 0 aromatic carbocycles. The topological polar surface area (TPSA) is 136 Å². The van der Waals surface area contributed by atoms with Gasteiger partial charge in [-0.05, 0) is 31.6 Å². The van der Waals surface area contributed by atoms with Gasteiger partial charge in [-0.15, -0.1) is 0 Å².